The largest absolute Gasteiger partial charge is 0.461 e. The van der Waals surface area contributed by atoms with Gasteiger partial charge in [-0.3, -0.25) is 4.79 Å². The molecule has 0 spiro atoms. The van der Waals surface area contributed by atoms with Crippen LogP contribution < -0.4 is 4.74 Å². The van der Waals surface area contributed by atoms with Gasteiger partial charge < -0.3 is 14.0 Å². The van der Waals surface area contributed by atoms with E-state index in [1.54, 1.807) is 11.5 Å². The van der Waals surface area contributed by atoms with Crippen LogP contribution in [-0.2, 0) is 16.1 Å². The van der Waals surface area contributed by atoms with Crippen molar-refractivity contribution in [3.05, 3.63) is 22.5 Å². The van der Waals surface area contributed by atoms with Crippen LogP contribution in [-0.4, -0.2) is 28.1 Å². The quantitative estimate of drug-likeness (QED) is 0.712. The summed E-state index contributed by atoms with van der Waals surface area (Å²) in [6.07, 6.45) is 0.777. The van der Waals surface area contributed by atoms with Gasteiger partial charge in [-0.2, -0.15) is 5.26 Å². The average Bonchev–Trinajstić information content (AvgIpc) is 2.84. The standard InChI is InChI=1S/C18H20ClN3O4/c1-5-25-18(24)13-8-12-15(19)17(26-11(4)23)22(7-6-10(2)3)16(12)14(9-20)21-13/h8,10H,5-7H2,1-4H3. The number of carbonyl (C=O) groups excluding carboxylic acids is 2. The van der Waals surface area contributed by atoms with Crippen molar-refractivity contribution >= 4 is 34.4 Å². The fourth-order valence-corrected chi connectivity index (χ4v) is 2.82. The van der Waals surface area contributed by atoms with Crippen LogP contribution >= 0.6 is 11.6 Å². The number of carbonyl (C=O) groups is 2. The molecular weight excluding hydrogens is 358 g/mol. The topological polar surface area (TPSA) is 94.2 Å². The first-order chi connectivity index (χ1) is 12.3. The summed E-state index contributed by atoms with van der Waals surface area (Å²) < 4.78 is 11.9. The third-order valence-electron chi connectivity index (χ3n) is 3.69. The van der Waals surface area contributed by atoms with Gasteiger partial charge in [0.05, 0.1) is 12.1 Å². The summed E-state index contributed by atoms with van der Waals surface area (Å²) in [7, 11) is 0. The molecule has 2 rings (SSSR count). The van der Waals surface area contributed by atoms with E-state index in [1.807, 2.05) is 6.07 Å². The molecule has 0 saturated heterocycles. The van der Waals surface area contributed by atoms with Crippen molar-refractivity contribution < 1.29 is 19.1 Å². The summed E-state index contributed by atoms with van der Waals surface area (Å²) in [5.74, 6) is -0.647. The second-order valence-electron chi connectivity index (χ2n) is 6.13. The summed E-state index contributed by atoms with van der Waals surface area (Å²) >= 11 is 6.42. The van der Waals surface area contributed by atoms with E-state index in [9.17, 15) is 14.9 Å². The van der Waals surface area contributed by atoms with Crippen LogP contribution in [0.5, 0.6) is 5.88 Å². The lowest BCUT2D eigenvalue weighted by Crippen LogP contribution is -2.11. The highest BCUT2D eigenvalue weighted by Crippen LogP contribution is 2.38. The second kappa shape index (κ2) is 8.19. The summed E-state index contributed by atoms with van der Waals surface area (Å²) in [6.45, 7) is 7.73. The molecule has 2 aromatic heterocycles. The molecule has 138 valence electrons. The predicted molar refractivity (Wildman–Crippen MR) is 96.2 cm³/mol. The highest BCUT2D eigenvalue weighted by Gasteiger charge is 2.24. The van der Waals surface area contributed by atoms with Crippen LogP contribution in [0.3, 0.4) is 0 Å². The number of rotatable bonds is 6. The predicted octanol–water partition coefficient (Wildman–Crippen LogP) is 3.71. The van der Waals surface area contributed by atoms with Gasteiger partial charge in [0.25, 0.3) is 0 Å². The van der Waals surface area contributed by atoms with Crippen molar-refractivity contribution in [3.63, 3.8) is 0 Å². The molecule has 0 fully saturated rings. The Morgan fingerprint density at radius 3 is 2.65 bits per heavy atom. The summed E-state index contributed by atoms with van der Waals surface area (Å²) in [5.41, 5.74) is 0.435. The van der Waals surface area contributed by atoms with Gasteiger partial charge in [-0.15, -0.1) is 0 Å². The Balaban J connectivity index is 2.74. The lowest BCUT2D eigenvalue weighted by atomic mass is 10.1. The zero-order valence-electron chi connectivity index (χ0n) is 15.1. The van der Waals surface area contributed by atoms with E-state index in [0.29, 0.717) is 23.4 Å². The third-order valence-corrected chi connectivity index (χ3v) is 4.06. The van der Waals surface area contributed by atoms with Crippen molar-refractivity contribution in [2.75, 3.05) is 6.61 Å². The lowest BCUT2D eigenvalue weighted by molar-refractivity contribution is -0.132. The van der Waals surface area contributed by atoms with E-state index in [2.05, 4.69) is 18.8 Å². The summed E-state index contributed by atoms with van der Waals surface area (Å²) in [5, 5.41) is 10.1. The van der Waals surface area contributed by atoms with Crippen LogP contribution in [0.2, 0.25) is 5.02 Å². The van der Waals surface area contributed by atoms with E-state index < -0.39 is 11.9 Å². The fraction of sp³-hybridized carbons (Fsp3) is 0.444. The van der Waals surface area contributed by atoms with E-state index >= 15 is 0 Å². The van der Waals surface area contributed by atoms with Gasteiger partial charge in [-0.05, 0) is 25.3 Å². The van der Waals surface area contributed by atoms with Gasteiger partial charge in [-0.25, -0.2) is 9.78 Å². The molecular formula is C18H20ClN3O4. The number of nitriles is 1. The third kappa shape index (κ3) is 3.97. The number of ether oxygens (including phenoxy) is 2. The molecule has 0 aromatic carbocycles. The maximum absolute atomic E-state index is 12.0. The Morgan fingerprint density at radius 1 is 1.42 bits per heavy atom. The van der Waals surface area contributed by atoms with Crippen molar-refractivity contribution in [2.24, 2.45) is 5.92 Å². The maximum Gasteiger partial charge on any atom is 0.356 e. The van der Waals surface area contributed by atoms with Gasteiger partial charge in [0.2, 0.25) is 5.88 Å². The van der Waals surface area contributed by atoms with Crippen molar-refractivity contribution in [1.29, 1.82) is 5.26 Å². The lowest BCUT2D eigenvalue weighted by Gasteiger charge is -2.12. The number of fused-ring (bicyclic) bond motifs is 1. The van der Waals surface area contributed by atoms with Crippen LogP contribution in [0.25, 0.3) is 10.9 Å². The van der Waals surface area contributed by atoms with E-state index in [0.717, 1.165) is 6.42 Å². The van der Waals surface area contributed by atoms with Crippen molar-refractivity contribution in [1.82, 2.24) is 9.55 Å². The zero-order chi connectivity index (χ0) is 19.4. The number of esters is 2. The molecule has 0 amide bonds. The number of pyridine rings is 1. The number of aromatic nitrogens is 2. The minimum Gasteiger partial charge on any atom is -0.461 e. The van der Waals surface area contributed by atoms with Crippen LogP contribution in [0.15, 0.2) is 6.07 Å². The van der Waals surface area contributed by atoms with Gasteiger partial charge >= 0.3 is 11.9 Å². The van der Waals surface area contributed by atoms with Gasteiger partial charge in [0.15, 0.2) is 11.4 Å². The smallest absolute Gasteiger partial charge is 0.356 e. The minimum absolute atomic E-state index is 0.0202. The molecule has 0 N–H and O–H groups in total. The average molecular weight is 378 g/mol. The molecule has 0 aliphatic heterocycles. The molecule has 0 bridgehead atoms. The molecule has 0 saturated carbocycles. The highest BCUT2D eigenvalue weighted by atomic mass is 35.5. The van der Waals surface area contributed by atoms with E-state index in [-0.39, 0.29) is 28.9 Å². The number of aryl methyl sites for hydroxylation is 1. The molecule has 0 radical (unpaired) electrons. The molecule has 7 nitrogen and oxygen atoms in total. The first kappa shape index (κ1) is 19.7. The Labute approximate surface area is 156 Å². The maximum atomic E-state index is 12.0. The molecule has 0 atom stereocenters. The Bertz CT molecular complexity index is 896. The SMILES string of the molecule is CCOC(=O)c1cc2c(Cl)c(OC(C)=O)n(CCC(C)C)c2c(C#N)n1. The normalized spacial score (nSPS) is 10.8. The van der Waals surface area contributed by atoms with Crippen LogP contribution in [0.1, 0.15) is 50.3 Å². The minimum atomic E-state index is -0.647. The molecule has 2 aromatic rings. The van der Waals surface area contributed by atoms with Gasteiger partial charge in [0.1, 0.15) is 11.1 Å². The fourth-order valence-electron chi connectivity index (χ4n) is 2.54. The summed E-state index contributed by atoms with van der Waals surface area (Å²) in [6, 6.07) is 3.44. The second-order valence-corrected chi connectivity index (χ2v) is 6.51. The number of nitrogens with zero attached hydrogens (tertiary/aromatic N) is 3. The van der Waals surface area contributed by atoms with Gasteiger partial charge in [-0.1, -0.05) is 25.4 Å². The van der Waals surface area contributed by atoms with Crippen molar-refractivity contribution in [2.45, 2.75) is 40.7 Å². The molecule has 26 heavy (non-hydrogen) atoms. The highest BCUT2D eigenvalue weighted by molar-refractivity contribution is 6.37. The van der Waals surface area contributed by atoms with Crippen LogP contribution in [0, 0.1) is 17.2 Å². The Morgan fingerprint density at radius 2 is 2.12 bits per heavy atom. The van der Waals surface area contributed by atoms with Crippen LogP contribution in [0.4, 0.5) is 0 Å². The molecule has 0 aliphatic carbocycles. The zero-order valence-corrected chi connectivity index (χ0v) is 15.9. The number of hydrogen-bond acceptors (Lipinski definition) is 6. The number of halogens is 1. The van der Waals surface area contributed by atoms with Gasteiger partial charge in [0, 0.05) is 18.9 Å². The first-order valence-corrected chi connectivity index (χ1v) is 8.66. The first-order valence-electron chi connectivity index (χ1n) is 8.28. The van der Waals surface area contributed by atoms with E-state index in [1.165, 1.54) is 13.0 Å². The molecule has 8 heteroatoms. The van der Waals surface area contributed by atoms with Crippen molar-refractivity contribution in [3.8, 4) is 11.9 Å². The molecule has 0 unspecified atom stereocenters. The Hall–Kier alpha value is -2.59. The molecule has 0 aliphatic rings. The monoisotopic (exact) mass is 377 g/mol. The Kier molecular flexibility index (Phi) is 6.22. The number of hydrogen-bond donors (Lipinski definition) is 0. The summed E-state index contributed by atoms with van der Waals surface area (Å²) in [4.78, 5) is 27.6. The van der Waals surface area contributed by atoms with E-state index in [4.69, 9.17) is 21.1 Å². The molecule has 2 heterocycles.